The first kappa shape index (κ1) is 22.5. The number of hydrogen-bond acceptors (Lipinski definition) is 4. The molecule has 0 aliphatic rings. The molecule has 6 heteroatoms. The first-order valence-electron chi connectivity index (χ1n) is 9.15. The zero-order valence-corrected chi connectivity index (χ0v) is 16.2. The normalized spacial score (nSPS) is 10.0. The average molecular weight is 405 g/mol. The average Bonchev–Trinajstić information content (AvgIpc) is 2.72. The van der Waals surface area contributed by atoms with E-state index in [1.165, 1.54) is 0 Å². The number of aryl methyl sites for hydroxylation is 1. The lowest BCUT2D eigenvalue weighted by Gasteiger charge is -2.12. The van der Waals surface area contributed by atoms with E-state index in [0.717, 1.165) is 28.2 Å². The molecule has 6 nitrogen and oxygen atoms in total. The number of amidine groups is 2. The molecule has 0 atom stereocenters. The minimum atomic E-state index is 0. The summed E-state index contributed by atoms with van der Waals surface area (Å²) < 4.78 is 11.7. The predicted molar refractivity (Wildman–Crippen MR) is 121 cm³/mol. The quantitative estimate of drug-likeness (QED) is 0.329. The lowest BCUT2D eigenvalue weighted by Crippen LogP contribution is -2.10. The summed E-state index contributed by atoms with van der Waals surface area (Å²) in [7, 11) is 0. The summed E-state index contributed by atoms with van der Waals surface area (Å²) in [4.78, 5) is 0. The van der Waals surface area contributed by atoms with Crippen LogP contribution < -0.4 is 20.9 Å². The molecule has 3 aromatic carbocycles. The SMILES string of the molecule is C.Cc1ccc(COc2ccc(C(=N)N)cc2)cc1COc1ccc(C(=N)N)cc1. The predicted octanol–water partition coefficient (Wildman–Crippen LogP) is 4.36. The second-order valence-electron chi connectivity index (χ2n) is 6.71. The van der Waals surface area contributed by atoms with Crippen LogP contribution in [0.25, 0.3) is 0 Å². The summed E-state index contributed by atoms with van der Waals surface area (Å²) >= 11 is 0. The van der Waals surface area contributed by atoms with E-state index in [1.807, 2.05) is 25.1 Å². The molecule has 0 aliphatic carbocycles. The van der Waals surface area contributed by atoms with Crippen molar-refractivity contribution in [3.05, 3.63) is 94.5 Å². The lowest BCUT2D eigenvalue weighted by atomic mass is 10.1. The third-order valence-electron chi connectivity index (χ3n) is 4.54. The second kappa shape index (κ2) is 10.1. The van der Waals surface area contributed by atoms with Gasteiger partial charge in [0, 0.05) is 11.1 Å². The number of rotatable bonds is 8. The third kappa shape index (κ3) is 5.85. The van der Waals surface area contributed by atoms with Gasteiger partial charge < -0.3 is 20.9 Å². The Kier molecular flexibility index (Phi) is 7.58. The van der Waals surface area contributed by atoms with Gasteiger partial charge in [-0.25, -0.2) is 0 Å². The Morgan fingerprint density at radius 1 is 0.733 bits per heavy atom. The van der Waals surface area contributed by atoms with Crippen LogP contribution in [0.5, 0.6) is 11.5 Å². The minimum Gasteiger partial charge on any atom is -0.489 e. The van der Waals surface area contributed by atoms with Crippen LogP contribution in [0.15, 0.2) is 66.7 Å². The van der Waals surface area contributed by atoms with Crippen molar-refractivity contribution < 1.29 is 9.47 Å². The molecule has 0 saturated heterocycles. The monoisotopic (exact) mass is 404 g/mol. The first-order valence-corrected chi connectivity index (χ1v) is 9.15. The van der Waals surface area contributed by atoms with E-state index >= 15 is 0 Å². The molecular formula is C24H28N4O2. The van der Waals surface area contributed by atoms with E-state index in [2.05, 4.69) is 12.1 Å². The van der Waals surface area contributed by atoms with E-state index in [0.29, 0.717) is 24.3 Å². The molecule has 156 valence electrons. The van der Waals surface area contributed by atoms with E-state index in [1.54, 1.807) is 36.4 Å². The molecule has 0 amide bonds. The van der Waals surface area contributed by atoms with Gasteiger partial charge in [-0.15, -0.1) is 0 Å². The van der Waals surface area contributed by atoms with Gasteiger partial charge in [-0.3, -0.25) is 10.8 Å². The Labute approximate surface area is 177 Å². The number of ether oxygens (including phenoxy) is 2. The number of nitrogen functional groups attached to an aromatic ring is 2. The Hall–Kier alpha value is -3.80. The zero-order chi connectivity index (χ0) is 20.8. The fourth-order valence-electron chi connectivity index (χ4n) is 2.76. The van der Waals surface area contributed by atoms with Gasteiger partial charge in [0.1, 0.15) is 36.4 Å². The zero-order valence-electron chi connectivity index (χ0n) is 16.2. The standard InChI is InChI=1S/C23H24N4O2.CH4/c1-15-2-3-16(13-28-20-8-4-17(5-9-20)22(24)25)12-19(15)14-29-21-10-6-18(7-11-21)23(26)27;/h2-12H,13-14H2,1H3,(H3,24,25)(H3,26,27);1H4. The summed E-state index contributed by atoms with van der Waals surface area (Å²) in [5, 5.41) is 14.9. The molecule has 0 aromatic heterocycles. The lowest BCUT2D eigenvalue weighted by molar-refractivity contribution is 0.299. The van der Waals surface area contributed by atoms with Gasteiger partial charge >= 0.3 is 0 Å². The molecule has 0 bridgehead atoms. The summed E-state index contributed by atoms with van der Waals surface area (Å²) in [6.07, 6.45) is 0. The van der Waals surface area contributed by atoms with Crippen molar-refractivity contribution in [3.8, 4) is 11.5 Å². The molecule has 0 saturated carbocycles. The van der Waals surface area contributed by atoms with Crippen molar-refractivity contribution >= 4 is 11.7 Å². The molecule has 0 fully saturated rings. The van der Waals surface area contributed by atoms with Gasteiger partial charge in [-0.05, 0) is 78.2 Å². The van der Waals surface area contributed by atoms with Crippen LogP contribution in [-0.4, -0.2) is 11.7 Å². The maximum absolute atomic E-state index is 7.44. The van der Waals surface area contributed by atoms with Crippen molar-refractivity contribution in [1.82, 2.24) is 0 Å². The van der Waals surface area contributed by atoms with E-state index < -0.39 is 0 Å². The van der Waals surface area contributed by atoms with Crippen molar-refractivity contribution in [1.29, 1.82) is 10.8 Å². The highest BCUT2D eigenvalue weighted by Crippen LogP contribution is 2.19. The van der Waals surface area contributed by atoms with Gasteiger partial charge in [0.05, 0.1) is 0 Å². The minimum absolute atomic E-state index is 0. The fraction of sp³-hybridized carbons (Fsp3) is 0.167. The molecule has 0 heterocycles. The molecule has 3 rings (SSSR count). The van der Waals surface area contributed by atoms with Crippen LogP contribution in [0.1, 0.15) is 35.2 Å². The topological polar surface area (TPSA) is 118 Å². The molecule has 3 aromatic rings. The summed E-state index contributed by atoms with van der Waals surface area (Å²) in [6.45, 7) is 2.91. The summed E-state index contributed by atoms with van der Waals surface area (Å²) in [5.41, 5.74) is 15.5. The maximum Gasteiger partial charge on any atom is 0.122 e. The first-order chi connectivity index (χ1) is 13.9. The van der Waals surface area contributed by atoms with E-state index in [4.69, 9.17) is 31.8 Å². The van der Waals surface area contributed by atoms with Gasteiger partial charge in [0.25, 0.3) is 0 Å². The van der Waals surface area contributed by atoms with Gasteiger partial charge in [-0.1, -0.05) is 19.6 Å². The van der Waals surface area contributed by atoms with Crippen molar-refractivity contribution in [2.75, 3.05) is 0 Å². The van der Waals surface area contributed by atoms with Crippen LogP contribution in [-0.2, 0) is 13.2 Å². The fourth-order valence-corrected chi connectivity index (χ4v) is 2.76. The van der Waals surface area contributed by atoms with Crippen LogP contribution >= 0.6 is 0 Å². The Bertz CT molecular complexity index is 1010. The molecule has 0 aliphatic heterocycles. The molecule has 0 unspecified atom stereocenters. The Morgan fingerprint density at radius 2 is 1.20 bits per heavy atom. The van der Waals surface area contributed by atoms with Crippen LogP contribution in [0.3, 0.4) is 0 Å². The smallest absolute Gasteiger partial charge is 0.122 e. The Balaban J connectivity index is 0.00000320. The largest absolute Gasteiger partial charge is 0.489 e. The maximum atomic E-state index is 7.44. The highest BCUT2D eigenvalue weighted by Gasteiger charge is 2.05. The highest BCUT2D eigenvalue weighted by atomic mass is 16.5. The number of nitrogens with two attached hydrogens (primary N) is 2. The van der Waals surface area contributed by atoms with Crippen LogP contribution in [0.4, 0.5) is 0 Å². The van der Waals surface area contributed by atoms with E-state index in [9.17, 15) is 0 Å². The third-order valence-corrected chi connectivity index (χ3v) is 4.54. The molecule has 0 spiro atoms. The summed E-state index contributed by atoms with van der Waals surface area (Å²) in [6, 6.07) is 20.5. The van der Waals surface area contributed by atoms with Crippen LogP contribution in [0, 0.1) is 17.7 Å². The molecular weight excluding hydrogens is 376 g/mol. The number of nitrogens with one attached hydrogen (secondary N) is 2. The molecule has 6 N–H and O–H groups in total. The number of hydrogen-bond donors (Lipinski definition) is 4. The van der Waals surface area contributed by atoms with Gasteiger partial charge in [0.15, 0.2) is 0 Å². The molecule has 30 heavy (non-hydrogen) atoms. The van der Waals surface area contributed by atoms with Crippen molar-refractivity contribution in [2.45, 2.75) is 27.6 Å². The summed E-state index contributed by atoms with van der Waals surface area (Å²) in [5.74, 6) is 1.52. The van der Waals surface area contributed by atoms with Crippen molar-refractivity contribution in [2.24, 2.45) is 11.5 Å². The second-order valence-corrected chi connectivity index (χ2v) is 6.71. The number of benzene rings is 3. The highest BCUT2D eigenvalue weighted by molar-refractivity contribution is 5.95. The van der Waals surface area contributed by atoms with Crippen LogP contribution in [0.2, 0.25) is 0 Å². The molecule has 0 radical (unpaired) electrons. The van der Waals surface area contributed by atoms with Gasteiger partial charge in [-0.2, -0.15) is 0 Å². The Morgan fingerprint density at radius 3 is 1.67 bits per heavy atom. The van der Waals surface area contributed by atoms with Gasteiger partial charge in [0.2, 0.25) is 0 Å². The van der Waals surface area contributed by atoms with E-state index in [-0.39, 0.29) is 19.1 Å². The van der Waals surface area contributed by atoms with Crippen molar-refractivity contribution in [3.63, 3.8) is 0 Å².